The van der Waals surface area contributed by atoms with Crippen LogP contribution in [0.25, 0.3) is 0 Å². The fourth-order valence-electron chi connectivity index (χ4n) is 1.50. The fourth-order valence-corrected chi connectivity index (χ4v) is 1.50. The maximum absolute atomic E-state index is 12.4. The van der Waals surface area contributed by atoms with Crippen molar-refractivity contribution in [3.8, 4) is 11.6 Å². The van der Waals surface area contributed by atoms with E-state index in [1.54, 1.807) is 0 Å². The van der Waals surface area contributed by atoms with Crippen LogP contribution in [0.3, 0.4) is 0 Å². The number of benzene rings is 1. The number of hydrogen-bond acceptors (Lipinski definition) is 4. The number of nitrogens with zero attached hydrogens (tertiary/aromatic N) is 2. The molecule has 0 fully saturated rings. The van der Waals surface area contributed by atoms with Gasteiger partial charge in [-0.15, -0.1) is 0 Å². The van der Waals surface area contributed by atoms with Gasteiger partial charge in [0.2, 0.25) is 5.88 Å². The number of anilines is 1. The molecular formula is C13H12F3N3O. The number of alkyl halides is 3. The molecule has 0 saturated carbocycles. The molecular weight excluding hydrogens is 271 g/mol. The van der Waals surface area contributed by atoms with Crippen molar-refractivity contribution < 1.29 is 17.9 Å². The summed E-state index contributed by atoms with van der Waals surface area (Å²) >= 11 is 0. The van der Waals surface area contributed by atoms with Crippen LogP contribution in [0.2, 0.25) is 0 Å². The van der Waals surface area contributed by atoms with E-state index in [1.165, 1.54) is 24.5 Å². The highest BCUT2D eigenvalue weighted by atomic mass is 19.4. The van der Waals surface area contributed by atoms with Crippen LogP contribution in [-0.2, 0) is 6.18 Å². The smallest absolute Gasteiger partial charge is 0.416 e. The molecule has 0 spiro atoms. The van der Waals surface area contributed by atoms with Crippen LogP contribution < -0.4 is 10.1 Å². The maximum atomic E-state index is 12.4. The predicted octanol–water partition coefficient (Wildman–Crippen LogP) is 3.72. The summed E-state index contributed by atoms with van der Waals surface area (Å²) in [6, 6.07) is 4.39. The molecule has 7 heteroatoms. The van der Waals surface area contributed by atoms with E-state index in [-0.39, 0.29) is 11.6 Å². The van der Waals surface area contributed by atoms with Gasteiger partial charge in [-0.25, -0.2) is 0 Å². The van der Waals surface area contributed by atoms with E-state index in [9.17, 15) is 13.2 Å². The molecule has 0 unspecified atom stereocenters. The molecule has 0 aliphatic rings. The molecule has 0 aliphatic heterocycles. The molecule has 20 heavy (non-hydrogen) atoms. The lowest BCUT2D eigenvalue weighted by atomic mass is 10.2. The highest BCUT2D eigenvalue weighted by molar-refractivity contribution is 5.35. The zero-order valence-corrected chi connectivity index (χ0v) is 10.6. The summed E-state index contributed by atoms with van der Waals surface area (Å²) in [7, 11) is 0. The Labute approximate surface area is 113 Å². The van der Waals surface area contributed by atoms with Crippen molar-refractivity contribution in [2.75, 3.05) is 11.9 Å². The van der Waals surface area contributed by atoms with Crippen molar-refractivity contribution in [1.29, 1.82) is 0 Å². The second-order valence-corrected chi connectivity index (χ2v) is 3.90. The molecule has 0 amide bonds. The first-order valence-electron chi connectivity index (χ1n) is 5.90. The number of rotatable bonds is 4. The lowest BCUT2D eigenvalue weighted by molar-refractivity contribution is -0.137. The highest BCUT2D eigenvalue weighted by Gasteiger charge is 2.30. The van der Waals surface area contributed by atoms with Crippen LogP contribution in [0.15, 0.2) is 36.7 Å². The topological polar surface area (TPSA) is 47.0 Å². The van der Waals surface area contributed by atoms with Gasteiger partial charge in [-0.2, -0.15) is 18.2 Å². The zero-order chi connectivity index (χ0) is 14.6. The van der Waals surface area contributed by atoms with Gasteiger partial charge in [0.05, 0.1) is 18.0 Å². The largest absolute Gasteiger partial charge is 0.437 e. The molecule has 0 radical (unpaired) electrons. The molecule has 2 rings (SSSR count). The summed E-state index contributed by atoms with van der Waals surface area (Å²) in [5.41, 5.74) is -0.725. The fraction of sp³-hybridized carbons (Fsp3) is 0.231. The van der Waals surface area contributed by atoms with Gasteiger partial charge in [0.1, 0.15) is 11.6 Å². The Morgan fingerprint density at radius 1 is 1.15 bits per heavy atom. The number of aromatic nitrogens is 2. The first-order valence-corrected chi connectivity index (χ1v) is 5.90. The standard InChI is InChI=1S/C13H12F3N3O/c1-2-18-11-7-17-8-12(19-11)20-10-5-3-9(4-6-10)13(14,15)16/h3-8H,2H2,1H3,(H,18,19). The van der Waals surface area contributed by atoms with Gasteiger partial charge in [-0.1, -0.05) is 0 Å². The van der Waals surface area contributed by atoms with Crippen molar-refractivity contribution in [1.82, 2.24) is 9.97 Å². The predicted molar refractivity (Wildman–Crippen MR) is 67.7 cm³/mol. The Balaban J connectivity index is 2.12. The Kier molecular flexibility index (Phi) is 4.07. The minimum atomic E-state index is -4.36. The first kappa shape index (κ1) is 14.1. The van der Waals surface area contributed by atoms with Crippen LogP contribution in [0, 0.1) is 0 Å². The van der Waals surface area contributed by atoms with Crippen molar-refractivity contribution >= 4 is 5.82 Å². The third kappa shape index (κ3) is 3.59. The number of halogens is 3. The summed E-state index contributed by atoms with van der Waals surface area (Å²) in [5.74, 6) is 1.01. The summed E-state index contributed by atoms with van der Waals surface area (Å²) in [6.07, 6.45) is -1.44. The van der Waals surface area contributed by atoms with E-state index < -0.39 is 11.7 Å². The van der Waals surface area contributed by atoms with Crippen LogP contribution in [0.4, 0.5) is 19.0 Å². The Bertz CT molecular complexity index is 570. The summed E-state index contributed by atoms with van der Waals surface area (Å²) in [6.45, 7) is 2.59. The molecule has 1 heterocycles. The van der Waals surface area contributed by atoms with Gasteiger partial charge in [-0.05, 0) is 31.2 Å². The van der Waals surface area contributed by atoms with Gasteiger partial charge in [0.25, 0.3) is 0 Å². The average Bonchev–Trinajstić information content (AvgIpc) is 2.39. The highest BCUT2D eigenvalue weighted by Crippen LogP contribution is 2.31. The van der Waals surface area contributed by atoms with Crippen molar-refractivity contribution in [2.45, 2.75) is 13.1 Å². The van der Waals surface area contributed by atoms with Gasteiger partial charge in [-0.3, -0.25) is 4.98 Å². The number of nitrogens with one attached hydrogen (secondary N) is 1. The third-order valence-electron chi connectivity index (χ3n) is 2.37. The monoisotopic (exact) mass is 283 g/mol. The van der Waals surface area contributed by atoms with Gasteiger partial charge in [0.15, 0.2) is 0 Å². The lowest BCUT2D eigenvalue weighted by Gasteiger charge is -2.09. The van der Waals surface area contributed by atoms with Crippen LogP contribution in [0.5, 0.6) is 11.6 Å². The second-order valence-electron chi connectivity index (χ2n) is 3.90. The molecule has 106 valence electrons. The van der Waals surface area contributed by atoms with E-state index in [0.717, 1.165) is 12.1 Å². The van der Waals surface area contributed by atoms with E-state index >= 15 is 0 Å². The molecule has 0 atom stereocenters. The lowest BCUT2D eigenvalue weighted by Crippen LogP contribution is -2.04. The van der Waals surface area contributed by atoms with E-state index in [1.807, 2.05) is 6.92 Å². The Morgan fingerprint density at radius 3 is 2.45 bits per heavy atom. The molecule has 0 aliphatic carbocycles. The van der Waals surface area contributed by atoms with Crippen molar-refractivity contribution in [2.24, 2.45) is 0 Å². The zero-order valence-electron chi connectivity index (χ0n) is 10.6. The van der Waals surface area contributed by atoms with E-state index in [4.69, 9.17) is 4.74 Å². The Morgan fingerprint density at radius 2 is 1.85 bits per heavy atom. The quantitative estimate of drug-likeness (QED) is 0.929. The minimum absolute atomic E-state index is 0.211. The molecule has 1 aromatic heterocycles. The molecule has 1 N–H and O–H groups in total. The molecule has 2 aromatic rings. The second kappa shape index (κ2) is 5.77. The maximum Gasteiger partial charge on any atom is 0.416 e. The van der Waals surface area contributed by atoms with Crippen molar-refractivity contribution in [3.05, 3.63) is 42.2 Å². The summed E-state index contributed by atoms with van der Waals surface area (Å²) < 4.78 is 42.6. The van der Waals surface area contributed by atoms with Crippen LogP contribution >= 0.6 is 0 Å². The molecule has 0 saturated heterocycles. The number of hydrogen-bond donors (Lipinski definition) is 1. The summed E-state index contributed by atoms with van der Waals surface area (Å²) in [4.78, 5) is 8.04. The van der Waals surface area contributed by atoms with E-state index in [2.05, 4.69) is 15.3 Å². The molecule has 0 bridgehead atoms. The van der Waals surface area contributed by atoms with Crippen LogP contribution in [0.1, 0.15) is 12.5 Å². The van der Waals surface area contributed by atoms with E-state index in [0.29, 0.717) is 12.4 Å². The number of ether oxygens (including phenoxy) is 1. The first-order chi connectivity index (χ1) is 9.49. The van der Waals surface area contributed by atoms with Gasteiger partial charge < -0.3 is 10.1 Å². The van der Waals surface area contributed by atoms with Crippen molar-refractivity contribution in [3.63, 3.8) is 0 Å². The third-order valence-corrected chi connectivity index (χ3v) is 2.37. The average molecular weight is 283 g/mol. The summed E-state index contributed by atoms with van der Waals surface area (Å²) in [5, 5.41) is 2.96. The Hall–Kier alpha value is -2.31. The molecule has 4 nitrogen and oxygen atoms in total. The van der Waals surface area contributed by atoms with Gasteiger partial charge >= 0.3 is 6.18 Å². The minimum Gasteiger partial charge on any atom is -0.437 e. The SMILES string of the molecule is CCNc1cncc(Oc2ccc(C(F)(F)F)cc2)n1. The normalized spacial score (nSPS) is 11.2. The van der Waals surface area contributed by atoms with Crippen LogP contribution in [-0.4, -0.2) is 16.5 Å². The molecule has 1 aromatic carbocycles. The van der Waals surface area contributed by atoms with Gasteiger partial charge in [0, 0.05) is 6.54 Å².